The summed E-state index contributed by atoms with van der Waals surface area (Å²) < 4.78 is 5.27. The first-order valence-corrected chi connectivity index (χ1v) is 7.45. The molecule has 0 aromatic heterocycles. The van der Waals surface area contributed by atoms with E-state index in [1.807, 2.05) is 74.5 Å². The van der Waals surface area contributed by atoms with Crippen LogP contribution in [0.1, 0.15) is 23.6 Å². The van der Waals surface area contributed by atoms with Crippen LogP contribution in [0, 0.1) is 6.92 Å². The molecule has 114 valence electrons. The lowest BCUT2D eigenvalue weighted by Crippen LogP contribution is -2.05. The molecule has 3 rings (SSSR count). The van der Waals surface area contributed by atoms with Crippen LogP contribution in [0.25, 0.3) is 6.08 Å². The van der Waals surface area contributed by atoms with E-state index in [1.165, 1.54) is 0 Å². The van der Waals surface area contributed by atoms with E-state index in [9.17, 15) is 4.79 Å². The summed E-state index contributed by atoms with van der Waals surface area (Å²) in [6.45, 7) is 3.95. The lowest BCUT2D eigenvalue weighted by Gasteiger charge is -1.99. The summed E-state index contributed by atoms with van der Waals surface area (Å²) >= 11 is 0. The number of cyclic esters (lactones) is 1. The number of nitrogens with zero attached hydrogens (tertiary/aromatic N) is 1. The van der Waals surface area contributed by atoms with Crippen molar-refractivity contribution < 1.29 is 9.53 Å². The van der Waals surface area contributed by atoms with Gasteiger partial charge in [0.15, 0.2) is 5.70 Å². The standard InChI is InChI=1S/C20H17NO2/c1-14-8-10-17(11-9-14)19-21-18(20(22)23-19)13-15(2)12-16-6-4-3-5-7-16/h3-13H,1-2H3/b15-12+,18-13-. The Morgan fingerprint density at radius 2 is 1.74 bits per heavy atom. The van der Waals surface area contributed by atoms with Crippen LogP contribution in [-0.2, 0) is 9.53 Å². The number of esters is 1. The summed E-state index contributed by atoms with van der Waals surface area (Å²) in [7, 11) is 0. The second kappa shape index (κ2) is 6.44. The Balaban J connectivity index is 1.86. The zero-order valence-corrected chi connectivity index (χ0v) is 13.1. The molecule has 0 bridgehead atoms. The average Bonchev–Trinajstić information content (AvgIpc) is 2.90. The second-order valence-corrected chi connectivity index (χ2v) is 5.50. The molecule has 0 N–H and O–H groups in total. The third-order valence-corrected chi connectivity index (χ3v) is 3.48. The molecule has 0 unspecified atom stereocenters. The van der Waals surface area contributed by atoms with Gasteiger partial charge in [-0.05, 0) is 43.2 Å². The Kier molecular flexibility index (Phi) is 4.20. The van der Waals surface area contributed by atoms with Gasteiger partial charge in [-0.15, -0.1) is 0 Å². The van der Waals surface area contributed by atoms with E-state index >= 15 is 0 Å². The van der Waals surface area contributed by atoms with Gasteiger partial charge in [0.2, 0.25) is 5.90 Å². The van der Waals surface area contributed by atoms with E-state index in [2.05, 4.69) is 4.99 Å². The van der Waals surface area contributed by atoms with E-state index in [4.69, 9.17) is 4.74 Å². The zero-order valence-electron chi connectivity index (χ0n) is 13.1. The van der Waals surface area contributed by atoms with Crippen molar-refractivity contribution >= 4 is 17.9 Å². The second-order valence-electron chi connectivity index (χ2n) is 5.50. The Bertz CT molecular complexity index is 812. The highest BCUT2D eigenvalue weighted by atomic mass is 16.6. The highest BCUT2D eigenvalue weighted by molar-refractivity contribution is 6.11. The first-order valence-electron chi connectivity index (χ1n) is 7.45. The number of aliphatic imine (C=N–C) groups is 1. The fourth-order valence-corrected chi connectivity index (χ4v) is 2.30. The summed E-state index contributed by atoms with van der Waals surface area (Å²) in [4.78, 5) is 16.3. The van der Waals surface area contributed by atoms with E-state index < -0.39 is 5.97 Å². The van der Waals surface area contributed by atoms with Crippen molar-refractivity contribution in [1.82, 2.24) is 0 Å². The molecule has 1 heterocycles. The highest BCUT2D eigenvalue weighted by Gasteiger charge is 2.23. The van der Waals surface area contributed by atoms with Crippen molar-refractivity contribution in [3.05, 3.63) is 88.6 Å². The van der Waals surface area contributed by atoms with Crippen molar-refractivity contribution in [2.45, 2.75) is 13.8 Å². The summed E-state index contributed by atoms with van der Waals surface area (Å²) in [6, 6.07) is 17.7. The lowest BCUT2D eigenvalue weighted by molar-refractivity contribution is -0.130. The lowest BCUT2D eigenvalue weighted by atomic mass is 10.1. The SMILES string of the molecule is CC(/C=C1\N=C(c2ccc(C)cc2)OC1=O)=C\c1ccccc1. The Morgan fingerprint density at radius 3 is 2.43 bits per heavy atom. The van der Waals surface area contributed by atoms with Crippen molar-refractivity contribution in [3.63, 3.8) is 0 Å². The molecule has 3 nitrogen and oxygen atoms in total. The Hall–Kier alpha value is -2.94. The average molecular weight is 303 g/mol. The van der Waals surface area contributed by atoms with Gasteiger partial charge in [-0.1, -0.05) is 54.1 Å². The van der Waals surface area contributed by atoms with Gasteiger partial charge < -0.3 is 4.74 Å². The van der Waals surface area contributed by atoms with Crippen molar-refractivity contribution in [2.24, 2.45) is 4.99 Å². The maximum absolute atomic E-state index is 12.0. The number of hydrogen-bond donors (Lipinski definition) is 0. The number of rotatable bonds is 3. The monoisotopic (exact) mass is 303 g/mol. The highest BCUT2D eigenvalue weighted by Crippen LogP contribution is 2.19. The third-order valence-electron chi connectivity index (χ3n) is 3.48. The number of allylic oxidation sites excluding steroid dienone is 2. The van der Waals surface area contributed by atoms with E-state index in [1.54, 1.807) is 6.08 Å². The van der Waals surface area contributed by atoms with Crippen molar-refractivity contribution in [1.29, 1.82) is 0 Å². The van der Waals surface area contributed by atoms with Gasteiger partial charge >= 0.3 is 5.97 Å². The predicted octanol–water partition coefficient (Wildman–Crippen LogP) is 4.29. The number of carbonyl (C=O) groups excluding carboxylic acids is 1. The Morgan fingerprint density at radius 1 is 1.04 bits per heavy atom. The van der Waals surface area contributed by atoms with E-state index in [0.717, 1.165) is 22.3 Å². The number of benzene rings is 2. The van der Waals surface area contributed by atoms with Crippen LogP contribution >= 0.6 is 0 Å². The Labute approximate surface area is 135 Å². The molecular weight excluding hydrogens is 286 g/mol. The minimum Gasteiger partial charge on any atom is -0.402 e. The zero-order chi connectivity index (χ0) is 16.2. The summed E-state index contributed by atoms with van der Waals surface area (Å²) in [6.07, 6.45) is 3.75. The fourth-order valence-electron chi connectivity index (χ4n) is 2.30. The smallest absolute Gasteiger partial charge is 0.363 e. The van der Waals surface area contributed by atoms with Crippen LogP contribution < -0.4 is 0 Å². The van der Waals surface area contributed by atoms with Gasteiger partial charge in [0.1, 0.15) is 0 Å². The number of ether oxygens (including phenoxy) is 1. The van der Waals surface area contributed by atoms with Crippen LogP contribution in [0.5, 0.6) is 0 Å². The molecule has 0 fully saturated rings. The van der Waals surface area contributed by atoms with Gasteiger partial charge in [0.05, 0.1) is 0 Å². The third kappa shape index (κ3) is 3.64. The molecule has 3 heteroatoms. The molecular formula is C20H17NO2. The van der Waals surface area contributed by atoms with Gasteiger partial charge in [0, 0.05) is 5.56 Å². The molecule has 23 heavy (non-hydrogen) atoms. The molecule has 0 radical (unpaired) electrons. The van der Waals surface area contributed by atoms with E-state index in [-0.39, 0.29) is 0 Å². The number of carbonyl (C=O) groups is 1. The van der Waals surface area contributed by atoms with Crippen molar-refractivity contribution in [3.8, 4) is 0 Å². The van der Waals surface area contributed by atoms with Crippen LogP contribution in [0.2, 0.25) is 0 Å². The first kappa shape index (κ1) is 15.0. The summed E-state index contributed by atoms with van der Waals surface area (Å²) in [5, 5.41) is 0. The van der Waals surface area contributed by atoms with Gasteiger partial charge in [-0.2, -0.15) is 0 Å². The molecule has 0 aliphatic carbocycles. The normalized spacial score (nSPS) is 16.4. The van der Waals surface area contributed by atoms with Gasteiger partial charge in [-0.3, -0.25) is 0 Å². The fraction of sp³-hybridized carbons (Fsp3) is 0.100. The van der Waals surface area contributed by atoms with Crippen LogP contribution in [0.15, 0.2) is 76.9 Å². The largest absolute Gasteiger partial charge is 0.402 e. The van der Waals surface area contributed by atoms with Crippen LogP contribution in [0.4, 0.5) is 0 Å². The molecule has 0 spiro atoms. The topological polar surface area (TPSA) is 38.7 Å². The molecule has 0 amide bonds. The quantitative estimate of drug-likeness (QED) is 0.627. The predicted molar refractivity (Wildman–Crippen MR) is 92.0 cm³/mol. The molecule has 0 atom stereocenters. The van der Waals surface area contributed by atoms with Gasteiger partial charge in [-0.25, -0.2) is 9.79 Å². The molecule has 2 aromatic carbocycles. The summed E-state index contributed by atoms with van der Waals surface area (Å²) in [5.41, 5.74) is 4.30. The molecule has 1 aliphatic rings. The van der Waals surface area contributed by atoms with Crippen LogP contribution in [-0.4, -0.2) is 11.9 Å². The molecule has 2 aromatic rings. The summed E-state index contributed by atoms with van der Waals surface area (Å²) in [5.74, 6) is -0.0600. The minimum atomic E-state index is -0.415. The number of hydrogen-bond acceptors (Lipinski definition) is 3. The maximum atomic E-state index is 12.0. The van der Waals surface area contributed by atoms with Gasteiger partial charge in [0.25, 0.3) is 0 Å². The van der Waals surface area contributed by atoms with E-state index in [0.29, 0.717) is 11.6 Å². The minimum absolute atomic E-state index is 0.324. The van der Waals surface area contributed by atoms with Crippen LogP contribution in [0.3, 0.4) is 0 Å². The van der Waals surface area contributed by atoms with Crippen molar-refractivity contribution in [2.75, 3.05) is 0 Å². The molecule has 0 saturated carbocycles. The molecule has 0 saturated heterocycles. The molecule has 1 aliphatic heterocycles. The first-order chi connectivity index (χ1) is 11.1. The number of aryl methyl sites for hydroxylation is 1. The maximum Gasteiger partial charge on any atom is 0.363 e.